The van der Waals surface area contributed by atoms with Crippen molar-refractivity contribution in [1.82, 2.24) is 9.62 Å². The first-order valence-electron chi connectivity index (χ1n) is 7.20. The zero-order chi connectivity index (χ0) is 16.0. The van der Waals surface area contributed by atoms with Crippen molar-refractivity contribution < 1.29 is 8.42 Å². The van der Waals surface area contributed by atoms with Gasteiger partial charge in [-0.25, -0.2) is 13.1 Å². The summed E-state index contributed by atoms with van der Waals surface area (Å²) in [4.78, 5) is 1.97. The lowest BCUT2D eigenvalue weighted by Gasteiger charge is -2.22. The van der Waals surface area contributed by atoms with Gasteiger partial charge in [0.25, 0.3) is 0 Å². The quantitative estimate of drug-likeness (QED) is 0.853. The van der Waals surface area contributed by atoms with Gasteiger partial charge in [-0.2, -0.15) is 0 Å². The minimum atomic E-state index is -3.40. The normalized spacial score (nSPS) is 13.2. The Labute approximate surface area is 132 Å². The molecule has 0 saturated heterocycles. The van der Waals surface area contributed by atoms with Gasteiger partial charge < -0.3 is 4.90 Å². The summed E-state index contributed by atoms with van der Waals surface area (Å²) in [6.07, 6.45) is 0. The molecule has 0 aliphatic rings. The van der Waals surface area contributed by atoms with E-state index in [1.807, 2.05) is 79.7 Å². The van der Waals surface area contributed by atoms with Gasteiger partial charge in [-0.1, -0.05) is 60.7 Å². The van der Waals surface area contributed by atoms with Crippen molar-refractivity contribution in [2.45, 2.75) is 11.8 Å². The van der Waals surface area contributed by atoms with Gasteiger partial charge in [0, 0.05) is 6.54 Å². The summed E-state index contributed by atoms with van der Waals surface area (Å²) in [6.45, 7) is 0.609. The average molecular weight is 318 g/mol. The maximum Gasteiger partial charge on any atom is 0.216 e. The van der Waals surface area contributed by atoms with Crippen LogP contribution in [-0.4, -0.2) is 34.0 Å². The van der Waals surface area contributed by atoms with Crippen LogP contribution in [0.25, 0.3) is 0 Å². The van der Waals surface area contributed by atoms with Gasteiger partial charge in [0.15, 0.2) is 0 Å². The van der Waals surface area contributed by atoms with E-state index in [4.69, 9.17) is 0 Å². The van der Waals surface area contributed by atoms with Gasteiger partial charge >= 0.3 is 0 Å². The van der Waals surface area contributed by atoms with Crippen LogP contribution in [0.3, 0.4) is 0 Å². The van der Waals surface area contributed by atoms with E-state index in [9.17, 15) is 8.42 Å². The summed E-state index contributed by atoms with van der Waals surface area (Å²) in [7, 11) is 0.460. The van der Waals surface area contributed by atoms with Crippen molar-refractivity contribution in [2.24, 2.45) is 0 Å². The average Bonchev–Trinajstić information content (AvgIpc) is 2.47. The highest BCUT2D eigenvalue weighted by molar-refractivity contribution is 7.88. The second-order valence-electron chi connectivity index (χ2n) is 5.59. The molecule has 2 rings (SSSR count). The molecule has 1 unspecified atom stereocenters. The van der Waals surface area contributed by atoms with E-state index in [2.05, 4.69) is 4.72 Å². The molecule has 0 amide bonds. The molecule has 4 nitrogen and oxygen atoms in total. The SMILES string of the molecule is CN(C)CC(NS(=O)(=O)Cc1ccccc1)c1ccccc1. The topological polar surface area (TPSA) is 49.4 Å². The van der Waals surface area contributed by atoms with Gasteiger partial charge in [0.2, 0.25) is 10.0 Å². The van der Waals surface area contributed by atoms with Crippen LogP contribution in [0.4, 0.5) is 0 Å². The Balaban J connectivity index is 2.15. The van der Waals surface area contributed by atoms with Crippen LogP contribution in [0.2, 0.25) is 0 Å². The van der Waals surface area contributed by atoms with Crippen LogP contribution in [0.1, 0.15) is 17.2 Å². The molecule has 1 atom stereocenters. The van der Waals surface area contributed by atoms with Crippen LogP contribution in [0.15, 0.2) is 60.7 Å². The van der Waals surface area contributed by atoms with Gasteiger partial charge in [-0.15, -0.1) is 0 Å². The molecular formula is C17H22N2O2S. The van der Waals surface area contributed by atoms with Crippen LogP contribution in [0, 0.1) is 0 Å². The van der Waals surface area contributed by atoms with Crippen LogP contribution < -0.4 is 4.72 Å². The molecular weight excluding hydrogens is 296 g/mol. The van der Waals surface area contributed by atoms with Crippen molar-refractivity contribution in [1.29, 1.82) is 0 Å². The fourth-order valence-corrected chi connectivity index (χ4v) is 3.67. The third-order valence-electron chi connectivity index (χ3n) is 3.27. The van der Waals surface area contributed by atoms with Crippen LogP contribution >= 0.6 is 0 Å². The lowest BCUT2D eigenvalue weighted by atomic mass is 10.1. The molecule has 0 bridgehead atoms. The molecule has 0 saturated carbocycles. The molecule has 0 aliphatic carbocycles. The Bertz CT molecular complexity index is 670. The number of likely N-dealkylation sites (N-methyl/N-ethyl adjacent to an activating group) is 1. The summed E-state index contributed by atoms with van der Waals surface area (Å²) < 4.78 is 27.7. The minimum absolute atomic E-state index is 0.00932. The smallest absolute Gasteiger partial charge is 0.216 e. The van der Waals surface area contributed by atoms with Gasteiger partial charge in [-0.05, 0) is 25.2 Å². The summed E-state index contributed by atoms with van der Waals surface area (Å²) in [5.74, 6) is -0.00932. The highest BCUT2D eigenvalue weighted by atomic mass is 32.2. The minimum Gasteiger partial charge on any atom is -0.307 e. The Morgan fingerprint density at radius 1 is 0.955 bits per heavy atom. The number of rotatable bonds is 7. The molecule has 0 heterocycles. The Morgan fingerprint density at radius 3 is 2.05 bits per heavy atom. The second-order valence-corrected chi connectivity index (χ2v) is 7.34. The van der Waals surface area contributed by atoms with Crippen molar-refractivity contribution >= 4 is 10.0 Å². The fourth-order valence-electron chi connectivity index (χ4n) is 2.31. The number of benzene rings is 2. The molecule has 2 aromatic carbocycles. The number of sulfonamides is 1. The van der Waals surface area contributed by atoms with Gasteiger partial charge in [0.05, 0.1) is 11.8 Å². The highest BCUT2D eigenvalue weighted by Gasteiger charge is 2.20. The molecule has 0 radical (unpaired) electrons. The van der Waals surface area contributed by atoms with Crippen molar-refractivity contribution in [3.05, 3.63) is 71.8 Å². The van der Waals surface area contributed by atoms with Gasteiger partial charge in [-0.3, -0.25) is 0 Å². The fraction of sp³-hybridized carbons (Fsp3) is 0.294. The zero-order valence-corrected chi connectivity index (χ0v) is 13.8. The predicted molar refractivity (Wildman–Crippen MR) is 89.9 cm³/mol. The van der Waals surface area contributed by atoms with Gasteiger partial charge in [0.1, 0.15) is 0 Å². The van der Waals surface area contributed by atoms with E-state index in [1.165, 1.54) is 0 Å². The Morgan fingerprint density at radius 2 is 1.50 bits per heavy atom. The molecule has 118 valence electrons. The van der Waals surface area contributed by atoms with Crippen LogP contribution in [0.5, 0.6) is 0 Å². The summed E-state index contributed by atoms with van der Waals surface area (Å²) in [5.41, 5.74) is 1.75. The first-order chi connectivity index (χ1) is 10.5. The summed E-state index contributed by atoms with van der Waals surface area (Å²) in [6, 6.07) is 18.6. The third-order valence-corrected chi connectivity index (χ3v) is 4.63. The van der Waals surface area contributed by atoms with Crippen LogP contribution in [-0.2, 0) is 15.8 Å². The van der Waals surface area contributed by atoms with Crippen molar-refractivity contribution in [3.8, 4) is 0 Å². The van der Waals surface area contributed by atoms with E-state index in [-0.39, 0.29) is 11.8 Å². The number of nitrogens with zero attached hydrogens (tertiary/aromatic N) is 1. The molecule has 0 spiro atoms. The van der Waals surface area contributed by atoms with E-state index in [0.717, 1.165) is 11.1 Å². The zero-order valence-electron chi connectivity index (χ0n) is 12.9. The Hall–Kier alpha value is -1.69. The Kier molecular flexibility index (Phi) is 5.71. The first-order valence-corrected chi connectivity index (χ1v) is 8.85. The van der Waals surface area contributed by atoms with E-state index in [1.54, 1.807) is 0 Å². The summed E-state index contributed by atoms with van der Waals surface area (Å²) in [5, 5.41) is 0. The molecule has 5 heteroatoms. The maximum absolute atomic E-state index is 12.4. The molecule has 0 aromatic heterocycles. The highest BCUT2D eigenvalue weighted by Crippen LogP contribution is 2.16. The molecule has 1 N–H and O–H groups in total. The molecule has 0 fully saturated rings. The number of hydrogen-bond donors (Lipinski definition) is 1. The monoisotopic (exact) mass is 318 g/mol. The number of hydrogen-bond acceptors (Lipinski definition) is 3. The molecule has 0 aliphatic heterocycles. The third kappa shape index (κ3) is 5.26. The van der Waals surface area contributed by atoms with Crippen molar-refractivity contribution in [2.75, 3.05) is 20.6 Å². The lowest BCUT2D eigenvalue weighted by Crippen LogP contribution is -2.35. The lowest BCUT2D eigenvalue weighted by molar-refractivity contribution is 0.363. The largest absolute Gasteiger partial charge is 0.307 e. The number of nitrogens with one attached hydrogen (secondary N) is 1. The van der Waals surface area contributed by atoms with Crippen molar-refractivity contribution in [3.63, 3.8) is 0 Å². The predicted octanol–water partition coefficient (Wildman–Crippen LogP) is 2.41. The molecule has 22 heavy (non-hydrogen) atoms. The second kappa shape index (κ2) is 7.54. The van der Waals surface area contributed by atoms with E-state index in [0.29, 0.717) is 6.54 Å². The standard InChI is InChI=1S/C17H22N2O2S/c1-19(2)13-17(16-11-7-4-8-12-16)18-22(20,21)14-15-9-5-3-6-10-15/h3-12,17-18H,13-14H2,1-2H3. The maximum atomic E-state index is 12.4. The first kappa shape index (κ1) is 16.7. The van der Waals surface area contributed by atoms with E-state index < -0.39 is 10.0 Å². The summed E-state index contributed by atoms with van der Waals surface area (Å²) >= 11 is 0. The molecule has 2 aromatic rings. The van der Waals surface area contributed by atoms with E-state index >= 15 is 0 Å².